The maximum Gasteiger partial charge on any atom is 0.269 e. The number of carbonyl (C=O) groups is 1. The molecule has 3 rings (SSSR count). The molecule has 3 unspecified atom stereocenters. The molecule has 2 N–H and O–H groups in total. The quantitative estimate of drug-likeness (QED) is 0.641. The predicted octanol–water partition coefficient (Wildman–Crippen LogP) is 1.35. The molecule has 1 amide bonds. The summed E-state index contributed by atoms with van der Waals surface area (Å²) in [4.78, 5) is 22.3. The Balaban J connectivity index is 1.54. The summed E-state index contributed by atoms with van der Waals surface area (Å²) >= 11 is 0. The number of non-ortho nitro benzene ring substituents is 1. The van der Waals surface area contributed by atoms with Crippen LogP contribution >= 0.6 is 0 Å². The third-order valence-corrected chi connectivity index (χ3v) is 4.25. The van der Waals surface area contributed by atoms with E-state index in [2.05, 4.69) is 10.6 Å². The number of hydrogen-bond donors (Lipinski definition) is 2. The highest BCUT2D eigenvalue weighted by Gasteiger charge is 2.42. The summed E-state index contributed by atoms with van der Waals surface area (Å²) in [5, 5.41) is 16.9. The minimum Gasteiger partial charge on any atom is -0.352 e. The highest BCUT2D eigenvalue weighted by atomic mass is 16.6. The minimum atomic E-state index is -0.427. The van der Waals surface area contributed by atoms with Gasteiger partial charge in [-0.25, -0.2) is 0 Å². The normalized spacial score (nSPS) is 27.5. The molecule has 2 aliphatic rings. The molecular formula is C14H17N3O3. The number of nitrogens with zero attached hydrogens (tertiary/aromatic N) is 1. The van der Waals surface area contributed by atoms with Gasteiger partial charge in [0.25, 0.3) is 5.69 Å². The lowest BCUT2D eigenvalue weighted by atomic mass is 9.88. The lowest BCUT2D eigenvalue weighted by molar-refractivity contribution is -0.384. The van der Waals surface area contributed by atoms with Crippen LogP contribution in [0.5, 0.6) is 0 Å². The molecule has 2 saturated heterocycles. The summed E-state index contributed by atoms with van der Waals surface area (Å²) in [6.07, 6.45) is 3.19. The Morgan fingerprint density at radius 2 is 2.10 bits per heavy atom. The summed E-state index contributed by atoms with van der Waals surface area (Å²) < 4.78 is 0. The number of rotatable bonds is 4. The third kappa shape index (κ3) is 2.51. The third-order valence-electron chi connectivity index (χ3n) is 4.25. The van der Waals surface area contributed by atoms with E-state index in [1.165, 1.54) is 18.6 Å². The van der Waals surface area contributed by atoms with E-state index in [0.717, 1.165) is 18.4 Å². The van der Waals surface area contributed by atoms with Crippen molar-refractivity contribution in [2.45, 2.75) is 37.9 Å². The van der Waals surface area contributed by atoms with Crippen LogP contribution in [0, 0.1) is 16.0 Å². The van der Waals surface area contributed by atoms with Gasteiger partial charge in [-0.05, 0) is 24.8 Å². The number of nitrogens with one attached hydrogen (secondary N) is 2. The number of nitro benzene ring substituents is 1. The summed E-state index contributed by atoms with van der Waals surface area (Å²) in [6, 6.07) is 7.11. The van der Waals surface area contributed by atoms with Crippen molar-refractivity contribution in [2.24, 2.45) is 5.92 Å². The van der Waals surface area contributed by atoms with Gasteiger partial charge in [0, 0.05) is 30.8 Å². The van der Waals surface area contributed by atoms with E-state index in [4.69, 9.17) is 0 Å². The Labute approximate surface area is 116 Å². The van der Waals surface area contributed by atoms with E-state index in [9.17, 15) is 14.9 Å². The van der Waals surface area contributed by atoms with Crippen LogP contribution in [-0.2, 0) is 11.3 Å². The maximum absolute atomic E-state index is 12.1. The SMILES string of the molecule is O=C(NCc1ccc([N+](=O)[O-])cc1)C1CC2CCC1N2. The Morgan fingerprint density at radius 3 is 2.65 bits per heavy atom. The zero-order valence-corrected chi connectivity index (χ0v) is 11.0. The molecule has 1 aromatic rings. The molecular weight excluding hydrogens is 258 g/mol. The maximum atomic E-state index is 12.1. The van der Waals surface area contributed by atoms with E-state index < -0.39 is 4.92 Å². The van der Waals surface area contributed by atoms with Crippen molar-refractivity contribution in [3.05, 3.63) is 39.9 Å². The fourth-order valence-corrected chi connectivity index (χ4v) is 3.17. The monoisotopic (exact) mass is 275 g/mol. The van der Waals surface area contributed by atoms with Gasteiger partial charge in [0.1, 0.15) is 0 Å². The molecule has 6 heteroatoms. The fourth-order valence-electron chi connectivity index (χ4n) is 3.17. The number of fused-ring (bicyclic) bond motifs is 2. The van der Waals surface area contributed by atoms with Crippen molar-refractivity contribution < 1.29 is 9.72 Å². The minimum absolute atomic E-state index is 0.0670. The summed E-state index contributed by atoms with van der Waals surface area (Å²) in [5.74, 6) is 0.162. The second kappa shape index (κ2) is 5.20. The topological polar surface area (TPSA) is 84.3 Å². The second-order valence-corrected chi connectivity index (χ2v) is 5.53. The van der Waals surface area contributed by atoms with E-state index in [1.54, 1.807) is 12.1 Å². The number of carbonyl (C=O) groups excluding carboxylic acids is 1. The first kappa shape index (κ1) is 13.1. The first-order chi connectivity index (χ1) is 9.63. The van der Waals surface area contributed by atoms with Gasteiger partial charge >= 0.3 is 0 Å². The Bertz CT molecular complexity index is 529. The van der Waals surface area contributed by atoms with Gasteiger partial charge in [-0.2, -0.15) is 0 Å². The van der Waals surface area contributed by atoms with Crippen LogP contribution in [0.2, 0.25) is 0 Å². The van der Waals surface area contributed by atoms with Crippen molar-refractivity contribution in [3.8, 4) is 0 Å². The van der Waals surface area contributed by atoms with Gasteiger partial charge in [-0.3, -0.25) is 14.9 Å². The van der Waals surface area contributed by atoms with Crippen LogP contribution in [0.3, 0.4) is 0 Å². The standard InChI is InChI=1S/C14H17N3O3/c18-14(12-7-10-3-6-13(12)16-10)15-8-9-1-4-11(5-2-9)17(19)20/h1-2,4-5,10,12-13,16H,3,6-8H2,(H,15,18). The molecule has 3 atom stereocenters. The van der Waals surface area contributed by atoms with Gasteiger partial charge in [-0.1, -0.05) is 12.1 Å². The highest BCUT2D eigenvalue weighted by Crippen LogP contribution is 2.33. The number of nitro groups is 1. The molecule has 0 aromatic heterocycles. The van der Waals surface area contributed by atoms with Gasteiger partial charge in [0.05, 0.1) is 10.8 Å². The molecule has 2 fully saturated rings. The largest absolute Gasteiger partial charge is 0.352 e. The first-order valence-electron chi connectivity index (χ1n) is 6.90. The molecule has 0 spiro atoms. The van der Waals surface area contributed by atoms with E-state index in [0.29, 0.717) is 18.6 Å². The van der Waals surface area contributed by atoms with Crippen LogP contribution in [0.4, 0.5) is 5.69 Å². The molecule has 0 aliphatic carbocycles. The lowest BCUT2D eigenvalue weighted by Gasteiger charge is -2.19. The van der Waals surface area contributed by atoms with Crippen molar-refractivity contribution >= 4 is 11.6 Å². The van der Waals surface area contributed by atoms with Gasteiger partial charge in [0.15, 0.2) is 0 Å². The average Bonchev–Trinajstić information content (AvgIpc) is 3.08. The second-order valence-electron chi connectivity index (χ2n) is 5.53. The molecule has 1 aromatic carbocycles. The Morgan fingerprint density at radius 1 is 1.35 bits per heavy atom. The van der Waals surface area contributed by atoms with Crippen molar-refractivity contribution in [3.63, 3.8) is 0 Å². The molecule has 2 aliphatic heterocycles. The van der Waals surface area contributed by atoms with Crippen molar-refractivity contribution in [1.29, 1.82) is 0 Å². The number of amides is 1. The van der Waals surface area contributed by atoms with E-state index in [1.807, 2.05) is 0 Å². The van der Waals surface area contributed by atoms with Gasteiger partial charge < -0.3 is 10.6 Å². The van der Waals surface area contributed by atoms with E-state index >= 15 is 0 Å². The summed E-state index contributed by atoms with van der Waals surface area (Å²) in [7, 11) is 0. The molecule has 0 saturated carbocycles. The van der Waals surface area contributed by atoms with Crippen LogP contribution in [0.15, 0.2) is 24.3 Å². The Kier molecular flexibility index (Phi) is 3.40. The highest BCUT2D eigenvalue weighted by molar-refractivity contribution is 5.80. The molecule has 0 radical (unpaired) electrons. The van der Waals surface area contributed by atoms with Crippen LogP contribution in [0.1, 0.15) is 24.8 Å². The van der Waals surface area contributed by atoms with Gasteiger partial charge in [0.2, 0.25) is 5.91 Å². The Hall–Kier alpha value is -1.95. The van der Waals surface area contributed by atoms with E-state index in [-0.39, 0.29) is 17.5 Å². The number of hydrogen-bond acceptors (Lipinski definition) is 4. The average molecular weight is 275 g/mol. The van der Waals surface area contributed by atoms with Crippen LogP contribution in [0.25, 0.3) is 0 Å². The molecule has 6 nitrogen and oxygen atoms in total. The first-order valence-corrected chi connectivity index (χ1v) is 6.90. The van der Waals surface area contributed by atoms with Gasteiger partial charge in [-0.15, -0.1) is 0 Å². The predicted molar refractivity (Wildman–Crippen MR) is 73.0 cm³/mol. The lowest BCUT2D eigenvalue weighted by Crippen LogP contribution is -2.37. The molecule has 20 heavy (non-hydrogen) atoms. The molecule has 106 valence electrons. The summed E-state index contributed by atoms with van der Waals surface area (Å²) in [6.45, 7) is 0.421. The zero-order valence-electron chi connectivity index (χ0n) is 11.0. The molecule has 2 bridgehead atoms. The van der Waals surface area contributed by atoms with Crippen LogP contribution in [-0.4, -0.2) is 22.9 Å². The molecule has 2 heterocycles. The zero-order chi connectivity index (χ0) is 14.1. The number of benzene rings is 1. The smallest absolute Gasteiger partial charge is 0.269 e. The van der Waals surface area contributed by atoms with Crippen molar-refractivity contribution in [2.75, 3.05) is 0 Å². The fraction of sp³-hybridized carbons (Fsp3) is 0.500. The summed E-state index contributed by atoms with van der Waals surface area (Å²) in [5.41, 5.74) is 0.942. The van der Waals surface area contributed by atoms with Crippen LogP contribution < -0.4 is 10.6 Å². The van der Waals surface area contributed by atoms with Crippen molar-refractivity contribution in [1.82, 2.24) is 10.6 Å².